The molecule has 1 aliphatic heterocycles. The molecule has 1 aromatic rings. The fourth-order valence-corrected chi connectivity index (χ4v) is 2.19. The van der Waals surface area contributed by atoms with E-state index in [4.69, 9.17) is 9.31 Å². The molecule has 0 aromatic carbocycles. The van der Waals surface area contributed by atoms with E-state index in [1.54, 1.807) is 0 Å². The standard InChI is InChI=1S/C16H26BNO2/c1-11-9-12(10-13(18-11)14(2,3)4)17-19-15(5,6)16(7,8)20-17/h9-10H,1-8H3. The molecule has 0 spiro atoms. The molecule has 3 nitrogen and oxygen atoms in total. The fraction of sp³-hybridized carbons (Fsp3) is 0.688. The summed E-state index contributed by atoms with van der Waals surface area (Å²) in [5.41, 5.74) is 2.53. The smallest absolute Gasteiger partial charge is 0.399 e. The fourth-order valence-electron chi connectivity index (χ4n) is 2.19. The Hall–Kier alpha value is -0.865. The zero-order valence-corrected chi connectivity index (χ0v) is 14.0. The van der Waals surface area contributed by atoms with Crippen LogP contribution >= 0.6 is 0 Å². The highest BCUT2D eigenvalue weighted by Gasteiger charge is 2.51. The van der Waals surface area contributed by atoms with E-state index >= 15 is 0 Å². The summed E-state index contributed by atoms with van der Waals surface area (Å²) in [4.78, 5) is 4.64. The number of rotatable bonds is 1. The molecule has 2 rings (SSSR count). The van der Waals surface area contributed by atoms with Gasteiger partial charge in [0.25, 0.3) is 0 Å². The van der Waals surface area contributed by atoms with Crippen LogP contribution in [0.4, 0.5) is 0 Å². The van der Waals surface area contributed by atoms with E-state index in [1.165, 1.54) is 0 Å². The van der Waals surface area contributed by atoms with Crippen molar-refractivity contribution in [2.24, 2.45) is 0 Å². The molecule has 4 heteroatoms. The minimum Gasteiger partial charge on any atom is -0.399 e. The lowest BCUT2D eigenvalue weighted by atomic mass is 9.77. The zero-order valence-electron chi connectivity index (χ0n) is 14.0. The van der Waals surface area contributed by atoms with Gasteiger partial charge in [-0.05, 0) is 52.2 Å². The van der Waals surface area contributed by atoms with Crippen molar-refractivity contribution in [2.45, 2.75) is 72.0 Å². The van der Waals surface area contributed by atoms with Gasteiger partial charge in [0.15, 0.2) is 0 Å². The third kappa shape index (κ3) is 2.77. The van der Waals surface area contributed by atoms with Crippen LogP contribution in [0, 0.1) is 6.92 Å². The molecule has 2 heterocycles. The summed E-state index contributed by atoms with van der Waals surface area (Å²) in [6.07, 6.45) is 0. The average Bonchev–Trinajstić information content (AvgIpc) is 2.46. The van der Waals surface area contributed by atoms with Gasteiger partial charge in [-0.2, -0.15) is 0 Å². The maximum Gasteiger partial charge on any atom is 0.494 e. The molecule has 1 aromatic heterocycles. The van der Waals surface area contributed by atoms with E-state index in [-0.39, 0.29) is 23.7 Å². The van der Waals surface area contributed by atoms with Crippen LogP contribution in [0.3, 0.4) is 0 Å². The number of nitrogens with zero attached hydrogens (tertiary/aromatic N) is 1. The monoisotopic (exact) mass is 275 g/mol. The molecule has 0 radical (unpaired) electrons. The second kappa shape index (κ2) is 4.57. The van der Waals surface area contributed by atoms with Crippen molar-refractivity contribution in [1.82, 2.24) is 4.98 Å². The number of pyridine rings is 1. The topological polar surface area (TPSA) is 31.4 Å². The van der Waals surface area contributed by atoms with E-state index < -0.39 is 0 Å². The Morgan fingerprint density at radius 2 is 1.50 bits per heavy atom. The van der Waals surface area contributed by atoms with Crippen LogP contribution in [0.2, 0.25) is 0 Å². The van der Waals surface area contributed by atoms with Gasteiger partial charge < -0.3 is 9.31 Å². The molecule has 0 saturated carbocycles. The van der Waals surface area contributed by atoms with E-state index in [0.29, 0.717) is 0 Å². The highest BCUT2D eigenvalue weighted by molar-refractivity contribution is 6.62. The molecular formula is C16H26BNO2. The number of hydrogen-bond acceptors (Lipinski definition) is 3. The third-order valence-electron chi connectivity index (χ3n) is 4.27. The first-order valence-electron chi connectivity index (χ1n) is 7.27. The van der Waals surface area contributed by atoms with E-state index in [9.17, 15) is 0 Å². The largest absolute Gasteiger partial charge is 0.494 e. The van der Waals surface area contributed by atoms with Crippen molar-refractivity contribution in [3.05, 3.63) is 23.5 Å². The molecular weight excluding hydrogens is 249 g/mol. The summed E-state index contributed by atoms with van der Waals surface area (Å²) in [6, 6.07) is 4.16. The van der Waals surface area contributed by atoms with Crippen molar-refractivity contribution in [3.8, 4) is 0 Å². The van der Waals surface area contributed by atoms with Crippen molar-refractivity contribution in [2.75, 3.05) is 0 Å². The van der Waals surface area contributed by atoms with E-state index in [2.05, 4.69) is 65.6 Å². The normalized spacial score (nSPS) is 21.3. The van der Waals surface area contributed by atoms with Gasteiger partial charge in [0, 0.05) is 16.8 Å². The summed E-state index contributed by atoms with van der Waals surface area (Å²) in [5, 5.41) is 0. The van der Waals surface area contributed by atoms with Crippen molar-refractivity contribution < 1.29 is 9.31 Å². The lowest BCUT2D eigenvalue weighted by Crippen LogP contribution is -2.41. The molecule has 110 valence electrons. The van der Waals surface area contributed by atoms with Crippen LogP contribution in [-0.4, -0.2) is 23.3 Å². The molecule has 0 bridgehead atoms. The van der Waals surface area contributed by atoms with Crippen LogP contribution in [0.25, 0.3) is 0 Å². The van der Waals surface area contributed by atoms with Gasteiger partial charge in [0.2, 0.25) is 0 Å². The molecule has 1 aliphatic rings. The summed E-state index contributed by atoms with van der Waals surface area (Å²) < 4.78 is 12.2. The maximum absolute atomic E-state index is 6.12. The van der Waals surface area contributed by atoms with E-state index in [0.717, 1.165) is 16.9 Å². The van der Waals surface area contributed by atoms with E-state index in [1.807, 2.05) is 6.92 Å². The Bertz CT molecular complexity index is 502. The molecule has 20 heavy (non-hydrogen) atoms. The minimum atomic E-state index is -0.317. The Labute approximate surface area is 123 Å². The maximum atomic E-state index is 6.12. The summed E-state index contributed by atoms with van der Waals surface area (Å²) in [7, 11) is -0.317. The highest BCUT2D eigenvalue weighted by Crippen LogP contribution is 2.36. The third-order valence-corrected chi connectivity index (χ3v) is 4.27. The van der Waals surface area contributed by atoms with Gasteiger partial charge in [0.05, 0.1) is 11.2 Å². The lowest BCUT2D eigenvalue weighted by molar-refractivity contribution is 0.00578. The van der Waals surface area contributed by atoms with Gasteiger partial charge >= 0.3 is 7.12 Å². The van der Waals surface area contributed by atoms with Crippen molar-refractivity contribution >= 4 is 12.6 Å². The Kier molecular flexibility index (Phi) is 3.55. The lowest BCUT2D eigenvalue weighted by Gasteiger charge is -2.32. The molecule has 0 atom stereocenters. The van der Waals surface area contributed by atoms with Crippen LogP contribution in [0.5, 0.6) is 0 Å². The average molecular weight is 275 g/mol. The number of hydrogen-bond donors (Lipinski definition) is 0. The Morgan fingerprint density at radius 1 is 1.00 bits per heavy atom. The summed E-state index contributed by atoms with van der Waals surface area (Å²) in [6.45, 7) is 16.8. The molecule has 1 fully saturated rings. The first kappa shape index (κ1) is 15.5. The van der Waals surface area contributed by atoms with Gasteiger partial charge in [-0.3, -0.25) is 4.98 Å². The van der Waals surface area contributed by atoms with Gasteiger partial charge in [-0.15, -0.1) is 0 Å². The van der Waals surface area contributed by atoms with Crippen LogP contribution in [0.1, 0.15) is 59.9 Å². The molecule has 0 aliphatic carbocycles. The van der Waals surface area contributed by atoms with Crippen LogP contribution in [0.15, 0.2) is 12.1 Å². The summed E-state index contributed by atoms with van der Waals surface area (Å²) >= 11 is 0. The molecule has 1 saturated heterocycles. The quantitative estimate of drug-likeness (QED) is 0.738. The zero-order chi connectivity index (χ0) is 15.3. The summed E-state index contributed by atoms with van der Waals surface area (Å²) in [5.74, 6) is 0. The van der Waals surface area contributed by atoms with Gasteiger partial charge in [-0.25, -0.2) is 0 Å². The highest BCUT2D eigenvalue weighted by atomic mass is 16.7. The Morgan fingerprint density at radius 3 is 1.95 bits per heavy atom. The van der Waals surface area contributed by atoms with Gasteiger partial charge in [-0.1, -0.05) is 20.8 Å². The van der Waals surface area contributed by atoms with Crippen molar-refractivity contribution in [3.63, 3.8) is 0 Å². The SMILES string of the molecule is Cc1cc(B2OC(C)(C)C(C)(C)O2)cc(C(C)(C)C)n1. The molecule has 0 unspecified atom stereocenters. The Balaban J connectivity index is 2.38. The predicted octanol–water partition coefficient (Wildman–Crippen LogP) is 2.99. The number of aromatic nitrogens is 1. The predicted molar refractivity (Wildman–Crippen MR) is 83.4 cm³/mol. The van der Waals surface area contributed by atoms with Crippen LogP contribution in [-0.2, 0) is 14.7 Å². The first-order chi connectivity index (χ1) is 8.92. The second-order valence-corrected chi connectivity index (χ2v) is 7.77. The first-order valence-corrected chi connectivity index (χ1v) is 7.27. The minimum absolute atomic E-state index is 0.0183. The van der Waals surface area contributed by atoms with Crippen molar-refractivity contribution in [1.29, 1.82) is 0 Å². The molecule has 0 amide bonds. The molecule has 0 N–H and O–H groups in total. The van der Waals surface area contributed by atoms with Crippen LogP contribution < -0.4 is 5.46 Å². The number of aryl methyl sites for hydroxylation is 1. The second-order valence-electron chi connectivity index (χ2n) is 7.77. The van der Waals surface area contributed by atoms with Gasteiger partial charge in [0.1, 0.15) is 0 Å².